The highest BCUT2D eigenvalue weighted by atomic mass is 16.5. The van der Waals surface area contributed by atoms with Crippen LogP contribution in [0.15, 0.2) is 80.8 Å². The van der Waals surface area contributed by atoms with Gasteiger partial charge in [0, 0.05) is 35.6 Å². The Kier molecular flexibility index (Phi) is 7.35. The Labute approximate surface area is 249 Å². The third-order valence-corrected chi connectivity index (χ3v) is 7.93. The van der Waals surface area contributed by atoms with Crippen LogP contribution < -0.4 is 21.8 Å². The van der Waals surface area contributed by atoms with Gasteiger partial charge in [-0.25, -0.2) is 9.78 Å². The van der Waals surface area contributed by atoms with Gasteiger partial charge in [0.15, 0.2) is 5.82 Å². The second-order valence-electron chi connectivity index (χ2n) is 11.7. The first-order chi connectivity index (χ1) is 20.6. The quantitative estimate of drug-likeness (QED) is 0.256. The minimum Gasteiger partial charge on any atom is -0.487 e. The normalized spacial score (nSPS) is 15.6. The molecule has 0 aliphatic carbocycles. The van der Waals surface area contributed by atoms with E-state index in [-0.39, 0.29) is 17.2 Å². The third-order valence-electron chi connectivity index (χ3n) is 7.93. The molecule has 5 aromatic rings. The van der Waals surface area contributed by atoms with Crippen molar-refractivity contribution in [3.05, 3.63) is 116 Å². The molecule has 1 unspecified atom stereocenters. The number of hydrogen-bond donors (Lipinski definition) is 2. The lowest BCUT2D eigenvalue weighted by Gasteiger charge is -2.36. The number of rotatable bonds is 7. The summed E-state index contributed by atoms with van der Waals surface area (Å²) in [6.07, 6.45) is 2.73. The SMILES string of the molecule is CCCc1nc(C)n(-c2ccc3c(c2)C(N)CC(C)(C)O3)c(=O)c1Cc1ccc(-c2ccccc2-c2noc(=O)[nH]2)cc1. The van der Waals surface area contributed by atoms with E-state index < -0.39 is 5.76 Å². The Morgan fingerprint density at radius 3 is 2.49 bits per heavy atom. The zero-order chi connectivity index (χ0) is 30.3. The molecule has 9 nitrogen and oxygen atoms in total. The van der Waals surface area contributed by atoms with Crippen LogP contribution >= 0.6 is 0 Å². The van der Waals surface area contributed by atoms with Crippen LogP contribution in [0, 0.1) is 6.92 Å². The molecule has 3 heterocycles. The van der Waals surface area contributed by atoms with E-state index in [1.54, 1.807) is 4.57 Å². The first-order valence-corrected chi connectivity index (χ1v) is 14.6. The fourth-order valence-electron chi connectivity index (χ4n) is 5.97. The van der Waals surface area contributed by atoms with Crippen LogP contribution in [-0.4, -0.2) is 25.3 Å². The average Bonchev–Trinajstić information content (AvgIpc) is 3.41. The molecule has 3 aromatic carbocycles. The van der Waals surface area contributed by atoms with Crippen LogP contribution in [0.5, 0.6) is 5.75 Å². The van der Waals surface area contributed by atoms with E-state index in [2.05, 4.69) is 17.1 Å². The van der Waals surface area contributed by atoms with Gasteiger partial charge in [-0.05, 0) is 62.1 Å². The van der Waals surface area contributed by atoms with Crippen molar-refractivity contribution in [2.75, 3.05) is 0 Å². The molecule has 6 rings (SSSR count). The minimum absolute atomic E-state index is 0.0778. The number of fused-ring (bicyclic) bond motifs is 1. The maximum absolute atomic E-state index is 14.2. The lowest BCUT2D eigenvalue weighted by molar-refractivity contribution is 0.0729. The number of aromatic nitrogens is 4. The van der Waals surface area contributed by atoms with E-state index in [0.29, 0.717) is 36.5 Å². The molecule has 0 radical (unpaired) electrons. The molecule has 1 atom stereocenters. The number of aryl methyl sites for hydroxylation is 2. The van der Waals surface area contributed by atoms with Crippen molar-refractivity contribution >= 4 is 0 Å². The molecule has 43 heavy (non-hydrogen) atoms. The third kappa shape index (κ3) is 5.56. The Balaban J connectivity index is 1.36. The number of hydrogen-bond acceptors (Lipinski definition) is 7. The molecular formula is C34H35N5O4. The van der Waals surface area contributed by atoms with Crippen molar-refractivity contribution in [3.8, 4) is 34.0 Å². The number of nitrogens with two attached hydrogens (primary N) is 1. The van der Waals surface area contributed by atoms with Crippen LogP contribution in [0.4, 0.5) is 0 Å². The summed E-state index contributed by atoms with van der Waals surface area (Å²) in [7, 11) is 0. The van der Waals surface area contributed by atoms with Gasteiger partial charge < -0.3 is 10.5 Å². The smallest absolute Gasteiger partial charge is 0.439 e. The van der Waals surface area contributed by atoms with Crippen molar-refractivity contribution in [2.45, 2.75) is 65.0 Å². The number of aromatic amines is 1. The van der Waals surface area contributed by atoms with Crippen LogP contribution in [0.1, 0.15) is 67.9 Å². The number of nitrogens with one attached hydrogen (secondary N) is 1. The summed E-state index contributed by atoms with van der Waals surface area (Å²) >= 11 is 0. The van der Waals surface area contributed by atoms with Gasteiger partial charge in [0.2, 0.25) is 0 Å². The van der Waals surface area contributed by atoms with Crippen LogP contribution in [0.25, 0.3) is 28.2 Å². The average molecular weight is 578 g/mol. The maximum Gasteiger partial charge on any atom is 0.439 e. The maximum atomic E-state index is 14.2. The number of H-pyrrole nitrogens is 1. The predicted molar refractivity (Wildman–Crippen MR) is 166 cm³/mol. The first kappa shape index (κ1) is 28.4. The van der Waals surface area contributed by atoms with E-state index in [0.717, 1.165) is 51.4 Å². The second kappa shape index (κ2) is 11.1. The summed E-state index contributed by atoms with van der Waals surface area (Å²) < 4.78 is 12.6. The van der Waals surface area contributed by atoms with Gasteiger partial charge in [-0.1, -0.05) is 67.0 Å². The lowest BCUT2D eigenvalue weighted by atomic mass is 9.90. The minimum atomic E-state index is -0.601. The molecule has 1 aliphatic heterocycles. The summed E-state index contributed by atoms with van der Waals surface area (Å²) in [5, 5.41) is 3.86. The largest absolute Gasteiger partial charge is 0.487 e. The fraction of sp³-hybridized carbons (Fsp3) is 0.294. The molecule has 3 N–H and O–H groups in total. The zero-order valence-electron chi connectivity index (χ0n) is 24.8. The first-order valence-electron chi connectivity index (χ1n) is 14.6. The van der Waals surface area contributed by atoms with Crippen LogP contribution in [-0.2, 0) is 12.8 Å². The Hall–Kier alpha value is -4.76. The van der Waals surface area contributed by atoms with Crippen molar-refractivity contribution in [1.82, 2.24) is 19.7 Å². The van der Waals surface area contributed by atoms with E-state index in [1.807, 2.05) is 87.5 Å². The van der Waals surface area contributed by atoms with Gasteiger partial charge >= 0.3 is 5.76 Å². The topological polar surface area (TPSA) is 129 Å². The summed E-state index contributed by atoms with van der Waals surface area (Å²) in [6, 6.07) is 21.3. The summed E-state index contributed by atoms with van der Waals surface area (Å²) in [4.78, 5) is 33.2. The van der Waals surface area contributed by atoms with Gasteiger partial charge in [-0.15, -0.1) is 0 Å². The van der Waals surface area contributed by atoms with Gasteiger partial charge in [0.1, 0.15) is 17.2 Å². The summed E-state index contributed by atoms with van der Waals surface area (Å²) in [6.45, 7) is 8.03. The number of benzene rings is 3. The standard InChI is InChI=1S/C34H35N5O4/c1-5-8-29-27(17-21-11-13-22(14-12-21)24-9-6-7-10-25(24)31-37-33(41)43-38-31)32(40)39(20(2)36-29)23-15-16-30-26(18-23)28(35)19-34(3,4)42-30/h6-7,9-16,18,28H,5,8,17,19,35H2,1-4H3,(H,37,38,41). The Bertz CT molecular complexity index is 1920. The number of ether oxygens (including phenoxy) is 1. The lowest BCUT2D eigenvalue weighted by Crippen LogP contribution is -2.37. The Morgan fingerprint density at radius 1 is 1.05 bits per heavy atom. The molecule has 0 fully saturated rings. The molecule has 2 aromatic heterocycles. The zero-order valence-corrected chi connectivity index (χ0v) is 24.8. The highest BCUT2D eigenvalue weighted by Crippen LogP contribution is 2.39. The predicted octanol–water partition coefficient (Wildman–Crippen LogP) is 5.66. The highest BCUT2D eigenvalue weighted by Gasteiger charge is 2.32. The van der Waals surface area contributed by atoms with Crippen molar-refractivity contribution < 1.29 is 9.26 Å². The number of nitrogens with zero attached hydrogens (tertiary/aromatic N) is 3. The highest BCUT2D eigenvalue weighted by molar-refractivity contribution is 5.80. The van der Waals surface area contributed by atoms with E-state index >= 15 is 0 Å². The van der Waals surface area contributed by atoms with Gasteiger partial charge in [-0.2, -0.15) is 0 Å². The second-order valence-corrected chi connectivity index (χ2v) is 11.7. The molecule has 220 valence electrons. The fourth-order valence-corrected chi connectivity index (χ4v) is 5.97. The van der Waals surface area contributed by atoms with E-state index in [1.165, 1.54) is 0 Å². The summed E-state index contributed by atoms with van der Waals surface area (Å²) in [5.74, 6) is 1.17. The molecule has 0 bridgehead atoms. The molecule has 0 saturated carbocycles. The molecule has 0 amide bonds. The van der Waals surface area contributed by atoms with Crippen molar-refractivity contribution in [3.63, 3.8) is 0 Å². The van der Waals surface area contributed by atoms with Crippen molar-refractivity contribution in [1.29, 1.82) is 0 Å². The molecule has 1 aliphatic rings. The van der Waals surface area contributed by atoms with E-state index in [9.17, 15) is 9.59 Å². The van der Waals surface area contributed by atoms with Gasteiger partial charge in [0.05, 0.1) is 11.4 Å². The molecule has 0 saturated heterocycles. The van der Waals surface area contributed by atoms with Crippen LogP contribution in [0.3, 0.4) is 0 Å². The molecule has 0 spiro atoms. The van der Waals surface area contributed by atoms with Crippen molar-refractivity contribution in [2.24, 2.45) is 5.73 Å². The molecular weight excluding hydrogens is 542 g/mol. The monoisotopic (exact) mass is 577 g/mol. The van der Waals surface area contributed by atoms with E-state index in [4.69, 9.17) is 20.0 Å². The van der Waals surface area contributed by atoms with Gasteiger partial charge in [-0.3, -0.25) is 18.9 Å². The van der Waals surface area contributed by atoms with Crippen LogP contribution in [0.2, 0.25) is 0 Å². The summed E-state index contributed by atoms with van der Waals surface area (Å²) in [5.41, 5.74) is 12.9. The van der Waals surface area contributed by atoms with Gasteiger partial charge in [0.25, 0.3) is 5.56 Å². The Morgan fingerprint density at radius 2 is 1.79 bits per heavy atom. The molecule has 9 heteroatoms.